The summed E-state index contributed by atoms with van der Waals surface area (Å²) in [6, 6.07) is 10.2. The number of hydrogen-bond acceptors (Lipinski definition) is 3. The van der Waals surface area contributed by atoms with E-state index in [1.54, 1.807) is 0 Å². The molecular weight excluding hydrogens is 288 g/mol. The van der Waals surface area contributed by atoms with Gasteiger partial charge in [-0.15, -0.1) is 0 Å². The molecule has 0 saturated carbocycles. The molecule has 4 rings (SSSR count). The van der Waals surface area contributed by atoms with Crippen molar-refractivity contribution in [2.24, 2.45) is 5.92 Å². The summed E-state index contributed by atoms with van der Waals surface area (Å²) in [6.45, 7) is 7.66. The van der Waals surface area contributed by atoms with Crippen LogP contribution >= 0.6 is 0 Å². The predicted molar refractivity (Wildman–Crippen MR) is 91.5 cm³/mol. The third-order valence-electron chi connectivity index (χ3n) is 5.01. The Morgan fingerprint density at radius 3 is 2.74 bits per heavy atom. The van der Waals surface area contributed by atoms with Crippen LogP contribution in [0.4, 0.5) is 0 Å². The third-order valence-corrected chi connectivity index (χ3v) is 5.01. The normalized spacial score (nSPS) is 24.7. The monoisotopic (exact) mass is 316 g/mol. The summed E-state index contributed by atoms with van der Waals surface area (Å²) in [6.07, 6.45) is 3.53. The number of amides is 1. The van der Waals surface area contributed by atoms with E-state index in [0.29, 0.717) is 12.0 Å². The van der Waals surface area contributed by atoms with Crippen molar-refractivity contribution in [2.45, 2.75) is 32.2 Å². The van der Waals surface area contributed by atoms with Gasteiger partial charge >= 0.3 is 0 Å². The van der Waals surface area contributed by atoms with Crippen LogP contribution in [0.1, 0.15) is 36.5 Å². The summed E-state index contributed by atoms with van der Waals surface area (Å²) >= 11 is 0. The molecule has 4 heteroatoms. The fraction of sp³-hybridized carbons (Fsp3) is 0.632. The Bertz CT molecular complexity index is 505. The highest BCUT2D eigenvalue weighted by molar-refractivity contribution is 5.94. The molecule has 126 valence electrons. The number of nitrogens with zero attached hydrogens (tertiary/aromatic N) is 2. The van der Waals surface area contributed by atoms with Crippen molar-refractivity contribution in [1.29, 1.82) is 0 Å². The lowest BCUT2D eigenvalue weighted by atomic mass is 9.95. The summed E-state index contributed by atoms with van der Waals surface area (Å²) < 4.78 is 5.66. The second-order valence-electron chi connectivity index (χ2n) is 6.78. The molecule has 1 aromatic rings. The van der Waals surface area contributed by atoms with E-state index in [9.17, 15) is 4.79 Å². The molecule has 0 aliphatic carbocycles. The van der Waals surface area contributed by atoms with Crippen LogP contribution in [0.15, 0.2) is 30.3 Å². The first-order chi connectivity index (χ1) is 11.3. The van der Waals surface area contributed by atoms with Crippen molar-refractivity contribution in [2.75, 3.05) is 39.4 Å². The molecule has 23 heavy (non-hydrogen) atoms. The Balaban J connectivity index is 1.61. The number of carbonyl (C=O) groups excluding carboxylic acids is 1. The quantitative estimate of drug-likeness (QED) is 0.757. The fourth-order valence-corrected chi connectivity index (χ4v) is 3.81. The standard InChI is InChI=1S/C19H28N2O2/c1-2-11-23-12-10-20-13-16-8-9-18(20)15-21(14-16)19(22)17-6-4-3-5-7-17/h3-7,16,18H,2,8-15H2,1H3/t16-,18-/m1/s1. The van der Waals surface area contributed by atoms with E-state index >= 15 is 0 Å². The average Bonchev–Trinajstić information content (AvgIpc) is 2.90. The molecule has 2 bridgehead atoms. The van der Waals surface area contributed by atoms with Crippen molar-refractivity contribution in [1.82, 2.24) is 9.80 Å². The third kappa shape index (κ3) is 4.12. The van der Waals surface area contributed by atoms with Gasteiger partial charge in [-0.25, -0.2) is 0 Å². The van der Waals surface area contributed by atoms with Gasteiger partial charge in [0.15, 0.2) is 0 Å². The summed E-state index contributed by atoms with van der Waals surface area (Å²) in [5.41, 5.74) is 0.812. The van der Waals surface area contributed by atoms with Gasteiger partial charge in [-0.1, -0.05) is 25.1 Å². The summed E-state index contributed by atoms with van der Waals surface area (Å²) in [4.78, 5) is 17.4. The van der Waals surface area contributed by atoms with Gasteiger partial charge in [0.2, 0.25) is 0 Å². The zero-order valence-corrected chi connectivity index (χ0v) is 14.1. The van der Waals surface area contributed by atoms with Crippen molar-refractivity contribution in [3.8, 4) is 0 Å². The van der Waals surface area contributed by atoms with Gasteiger partial charge in [-0.2, -0.15) is 0 Å². The number of piperidine rings is 1. The molecular formula is C19H28N2O2. The largest absolute Gasteiger partial charge is 0.380 e. The molecule has 0 N–H and O–H groups in total. The minimum Gasteiger partial charge on any atom is -0.380 e. The number of benzene rings is 1. The van der Waals surface area contributed by atoms with Crippen LogP contribution in [-0.4, -0.2) is 61.1 Å². The van der Waals surface area contributed by atoms with Crippen molar-refractivity contribution in [3.05, 3.63) is 35.9 Å². The van der Waals surface area contributed by atoms with Gasteiger partial charge in [0.25, 0.3) is 5.91 Å². The number of rotatable bonds is 6. The lowest BCUT2D eigenvalue weighted by Gasteiger charge is -2.35. The van der Waals surface area contributed by atoms with Crippen molar-refractivity contribution >= 4 is 5.91 Å². The number of ether oxygens (including phenoxy) is 1. The molecule has 0 aromatic heterocycles. The van der Waals surface area contributed by atoms with Crippen molar-refractivity contribution < 1.29 is 9.53 Å². The van der Waals surface area contributed by atoms with Crippen LogP contribution in [0.2, 0.25) is 0 Å². The van der Waals surface area contributed by atoms with Crippen LogP contribution < -0.4 is 0 Å². The molecule has 3 saturated heterocycles. The summed E-state index contributed by atoms with van der Waals surface area (Å²) in [5, 5.41) is 0. The average molecular weight is 316 g/mol. The highest BCUT2D eigenvalue weighted by atomic mass is 16.5. The minimum absolute atomic E-state index is 0.187. The maximum atomic E-state index is 12.8. The van der Waals surface area contributed by atoms with Crippen molar-refractivity contribution in [3.63, 3.8) is 0 Å². The lowest BCUT2D eigenvalue weighted by molar-refractivity contribution is 0.0633. The second-order valence-corrected chi connectivity index (χ2v) is 6.78. The van der Waals surface area contributed by atoms with E-state index in [1.165, 1.54) is 12.8 Å². The highest BCUT2D eigenvalue weighted by Crippen LogP contribution is 2.28. The SMILES string of the molecule is CCCOCCN1C[C@H]2CC[C@@H]1CN(C(=O)c1ccccc1)C2. The van der Waals surface area contributed by atoms with E-state index in [2.05, 4.69) is 16.7 Å². The van der Waals surface area contributed by atoms with E-state index in [-0.39, 0.29) is 5.91 Å². The molecule has 4 nitrogen and oxygen atoms in total. The number of hydrogen-bond donors (Lipinski definition) is 0. The van der Waals surface area contributed by atoms with Gasteiger partial charge in [-0.3, -0.25) is 9.69 Å². The smallest absolute Gasteiger partial charge is 0.253 e. The Kier molecular flexibility index (Phi) is 5.68. The number of fused-ring (bicyclic) bond motifs is 4. The molecule has 1 amide bonds. The van der Waals surface area contributed by atoms with Crippen LogP contribution in [0.25, 0.3) is 0 Å². The molecule has 0 spiro atoms. The zero-order valence-electron chi connectivity index (χ0n) is 14.1. The van der Waals surface area contributed by atoms with Gasteiger partial charge in [0.05, 0.1) is 6.61 Å². The first kappa shape index (κ1) is 16.5. The molecule has 3 aliphatic heterocycles. The molecule has 3 aliphatic rings. The van der Waals surface area contributed by atoms with Gasteiger partial charge < -0.3 is 9.64 Å². The Morgan fingerprint density at radius 2 is 1.96 bits per heavy atom. The Hall–Kier alpha value is -1.39. The highest BCUT2D eigenvalue weighted by Gasteiger charge is 2.36. The van der Waals surface area contributed by atoms with Crippen LogP contribution in [0.5, 0.6) is 0 Å². The Labute approximate surface area is 139 Å². The lowest BCUT2D eigenvalue weighted by Crippen LogP contribution is -2.45. The van der Waals surface area contributed by atoms with Gasteiger partial charge in [0, 0.05) is 44.4 Å². The van der Waals surface area contributed by atoms with E-state index in [4.69, 9.17) is 4.74 Å². The van der Waals surface area contributed by atoms with Crippen LogP contribution in [-0.2, 0) is 4.74 Å². The first-order valence-corrected chi connectivity index (χ1v) is 8.94. The van der Waals surface area contributed by atoms with E-state index in [1.807, 2.05) is 30.3 Å². The molecule has 0 unspecified atom stereocenters. The Morgan fingerprint density at radius 1 is 1.13 bits per heavy atom. The molecule has 1 aromatic carbocycles. The maximum absolute atomic E-state index is 12.8. The van der Waals surface area contributed by atoms with Crippen LogP contribution in [0, 0.1) is 5.92 Å². The maximum Gasteiger partial charge on any atom is 0.253 e. The van der Waals surface area contributed by atoms with E-state index in [0.717, 1.165) is 51.4 Å². The fourth-order valence-electron chi connectivity index (χ4n) is 3.81. The second kappa shape index (κ2) is 7.93. The molecule has 3 fully saturated rings. The topological polar surface area (TPSA) is 32.8 Å². The number of carbonyl (C=O) groups is 1. The van der Waals surface area contributed by atoms with E-state index < -0.39 is 0 Å². The first-order valence-electron chi connectivity index (χ1n) is 8.94. The van der Waals surface area contributed by atoms with Gasteiger partial charge in [-0.05, 0) is 37.3 Å². The summed E-state index contributed by atoms with van der Waals surface area (Å²) in [5.74, 6) is 0.791. The zero-order chi connectivity index (χ0) is 16.1. The summed E-state index contributed by atoms with van der Waals surface area (Å²) in [7, 11) is 0. The minimum atomic E-state index is 0.187. The molecule has 0 radical (unpaired) electrons. The molecule has 2 atom stereocenters. The molecule has 3 heterocycles. The van der Waals surface area contributed by atoms with Gasteiger partial charge in [0.1, 0.15) is 0 Å². The van der Waals surface area contributed by atoms with Crippen LogP contribution in [0.3, 0.4) is 0 Å². The predicted octanol–water partition coefficient (Wildman–Crippen LogP) is 2.65.